The second-order valence-electron chi connectivity index (χ2n) is 6.69. The van der Waals surface area contributed by atoms with Crippen LogP contribution in [0.2, 0.25) is 0 Å². The molecule has 0 fully saturated rings. The van der Waals surface area contributed by atoms with E-state index in [0.717, 1.165) is 15.7 Å². The van der Waals surface area contributed by atoms with E-state index in [1.54, 1.807) is 6.07 Å². The van der Waals surface area contributed by atoms with Crippen LogP contribution in [-0.2, 0) is 18.5 Å². The van der Waals surface area contributed by atoms with Crippen molar-refractivity contribution >= 4 is 0 Å². The van der Waals surface area contributed by atoms with Crippen molar-refractivity contribution in [3.8, 4) is 6.07 Å². The second kappa shape index (κ2) is 6.85. The van der Waals surface area contributed by atoms with Gasteiger partial charge in [-0.1, -0.05) is 45.0 Å². The van der Waals surface area contributed by atoms with Crippen LogP contribution in [0.1, 0.15) is 37.5 Å². The Balaban J connectivity index is 2.46. The third-order valence-corrected chi connectivity index (χ3v) is 3.86. The Kier molecular flexibility index (Phi) is 5.05. The second-order valence-corrected chi connectivity index (χ2v) is 6.69. The molecular weight excluding hydrogens is 306 g/mol. The fourth-order valence-corrected chi connectivity index (χ4v) is 2.43. The minimum Gasteiger partial charge on any atom is -0.395 e. The zero-order valence-corrected chi connectivity index (χ0v) is 14.1. The third-order valence-electron chi connectivity index (χ3n) is 3.86. The number of nitrogens with zero attached hydrogens (tertiary/aromatic N) is 3. The van der Waals surface area contributed by atoms with E-state index >= 15 is 0 Å². The molecule has 2 rings (SSSR count). The number of aromatic nitrogens is 2. The standard InChI is InChI=1S/C18H21N3O3/c1-18(2,3)15-6-4-13(5-7-15)11-21-16(23)14(10-19)12-20(8-9-22)17(21)24/h4-7,12,22H,8-9,11H2,1-3H3. The minimum absolute atomic E-state index is 0.0178. The van der Waals surface area contributed by atoms with Gasteiger partial charge in [-0.15, -0.1) is 0 Å². The number of nitriles is 1. The van der Waals surface area contributed by atoms with E-state index in [-0.39, 0.29) is 30.7 Å². The fourth-order valence-electron chi connectivity index (χ4n) is 2.43. The molecule has 1 N–H and O–H groups in total. The van der Waals surface area contributed by atoms with E-state index in [1.165, 1.54) is 10.8 Å². The monoisotopic (exact) mass is 327 g/mol. The molecule has 0 aliphatic heterocycles. The maximum absolute atomic E-state index is 12.4. The van der Waals surface area contributed by atoms with E-state index in [1.807, 2.05) is 24.3 Å². The van der Waals surface area contributed by atoms with E-state index in [0.29, 0.717) is 0 Å². The summed E-state index contributed by atoms with van der Waals surface area (Å²) in [6, 6.07) is 9.50. The highest BCUT2D eigenvalue weighted by atomic mass is 16.3. The van der Waals surface area contributed by atoms with Crippen LogP contribution in [0.15, 0.2) is 40.1 Å². The first-order valence-corrected chi connectivity index (χ1v) is 7.72. The van der Waals surface area contributed by atoms with Crippen LogP contribution in [0, 0.1) is 11.3 Å². The summed E-state index contributed by atoms with van der Waals surface area (Å²) >= 11 is 0. The molecule has 24 heavy (non-hydrogen) atoms. The molecule has 6 nitrogen and oxygen atoms in total. The first kappa shape index (κ1) is 17.7. The molecule has 126 valence electrons. The highest BCUT2D eigenvalue weighted by molar-refractivity contribution is 5.28. The third kappa shape index (κ3) is 3.63. The van der Waals surface area contributed by atoms with Gasteiger partial charge in [-0.3, -0.25) is 13.9 Å². The van der Waals surface area contributed by atoms with Crippen LogP contribution in [0.25, 0.3) is 0 Å². The van der Waals surface area contributed by atoms with Gasteiger partial charge in [0.25, 0.3) is 5.56 Å². The molecule has 0 aliphatic rings. The Labute approximate surface area is 140 Å². The zero-order valence-electron chi connectivity index (χ0n) is 14.1. The van der Waals surface area contributed by atoms with Gasteiger partial charge in [-0.2, -0.15) is 5.26 Å². The first-order valence-electron chi connectivity index (χ1n) is 7.72. The molecule has 0 radical (unpaired) electrons. The van der Waals surface area contributed by atoms with Crippen molar-refractivity contribution in [2.75, 3.05) is 6.61 Å². The summed E-state index contributed by atoms with van der Waals surface area (Å²) in [7, 11) is 0. The van der Waals surface area contributed by atoms with Crippen molar-refractivity contribution in [3.63, 3.8) is 0 Å². The number of rotatable bonds is 4. The molecule has 2 aromatic rings. The van der Waals surface area contributed by atoms with Gasteiger partial charge in [0.15, 0.2) is 0 Å². The first-order chi connectivity index (χ1) is 11.3. The van der Waals surface area contributed by atoms with Gasteiger partial charge in [-0.25, -0.2) is 4.79 Å². The van der Waals surface area contributed by atoms with Crippen molar-refractivity contribution in [1.82, 2.24) is 9.13 Å². The quantitative estimate of drug-likeness (QED) is 0.914. The van der Waals surface area contributed by atoms with Crippen molar-refractivity contribution in [1.29, 1.82) is 5.26 Å². The van der Waals surface area contributed by atoms with Gasteiger partial charge >= 0.3 is 5.69 Å². The maximum Gasteiger partial charge on any atom is 0.331 e. The summed E-state index contributed by atoms with van der Waals surface area (Å²) < 4.78 is 2.21. The molecular formula is C18H21N3O3. The van der Waals surface area contributed by atoms with Gasteiger partial charge in [0.1, 0.15) is 11.6 Å². The average Bonchev–Trinajstić information content (AvgIpc) is 2.54. The molecule has 0 saturated heterocycles. The van der Waals surface area contributed by atoms with E-state index in [4.69, 9.17) is 10.4 Å². The number of aliphatic hydroxyl groups is 1. The highest BCUT2D eigenvalue weighted by Crippen LogP contribution is 2.22. The molecule has 0 unspecified atom stereocenters. The Morgan fingerprint density at radius 3 is 2.29 bits per heavy atom. The van der Waals surface area contributed by atoms with Crippen molar-refractivity contribution < 1.29 is 5.11 Å². The Morgan fingerprint density at radius 2 is 1.79 bits per heavy atom. The van der Waals surface area contributed by atoms with Gasteiger partial charge in [-0.05, 0) is 16.5 Å². The van der Waals surface area contributed by atoms with Gasteiger partial charge in [0.2, 0.25) is 0 Å². The van der Waals surface area contributed by atoms with Crippen LogP contribution in [-0.4, -0.2) is 20.8 Å². The lowest BCUT2D eigenvalue weighted by atomic mass is 9.87. The minimum atomic E-state index is -0.614. The predicted molar refractivity (Wildman–Crippen MR) is 91.0 cm³/mol. The Bertz CT molecular complexity index is 878. The summed E-state index contributed by atoms with van der Waals surface area (Å²) in [5.74, 6) is 0. The molecule has 0 atom stereocenters. The number of hydrogen-bond donors (Lipinski definition) is 1. The van der Waals surface area contributed by atoms with Gasteiger partial charge in [0, 0.05) is 6.20 Å². The van der Waals surface area contributed by atoms with Crippen LogP contribution < -0.4 is 11.2 Å². The molecule has 6 heteroatoms. The largest absolute Gasteiger partial charge is 0.395 e. The maximum atomic E-state index is 12.4. The number of benzene rings is 1. The number of aliphatic hydroxyl groups excluding tert-OH is 1. The highest BCUT2D eigenvalue weighted by Gasteiger charge is 2.14. The van der Waals surface area contributed by atoms with E-state index in [9.17, 15) is 9.59 Å². The lowest BCUT2D eigenvalue weighted by Crippen LogP contribution is -2.41. The SMILES string of the molecule is CC(C)(C)c1ccc(Cn2c(=O)c(C#N)cn(CCO)c2=O)cc1. The molecule has 0 aliphatic carbocycles. The molecule has 0 saturated carbocycles. The predicted octanol–water partition coefficient (Wildman–Crippen LogP) is 1.22. The molecule has 1 aromatic carbocycles. The lowest BCUT2D eigenvalue weighted by Gasteiger charge is -2.19. The summed E-state index contributed by atoms with van der Waals surface area (Å²) in [6.45, 7) is 6.20. The van der Waals surface area contributed by atoms with Crippen molar-refractivity contribution in [2.45, 2.75) is 39.3 Å². The average molecular weight is 327 g/mol. The van der Waals surface area contributed by atoms with Crippen LogP contribution >= 0.6 is 0 Å². The molecule has 0 spiro atoms. The zero-order chi connectivity index (χ0) is 17.9. The van der Waals surface area contributed by atoms with E-state index in [2.05, 4.69) is 20.8 Å². The van der Waals surface area contributed by atoms with Crippen LogP contribution in [0.5, 0.6) is 0 Å². The smallest absolute Gasteiger partial charge is 0.331 e. The number of hydrogen-bond acceptors (Lipinski definition) is 4. The van der Waals surface area contributed by atoms with Gasteiger partial charge < -0.3 is 5.11 Å². The lowest BCUT2D eigenvalue weighted by molar-refractivity contribution is 0.271. The molecule has 0 amide bonds. The summed E-state index contributed by atoms with van der Waals surface area (Å²) in [5.41, 5.74) is 0.706. The Hall–Kier alpha value is -2.65. The van der Waals surface area contributed by atoms with Crippen molar-refractivity contribution in [3.05, 3.63) is 68.0 Å². The van der Waals surface area contributed by atoms with Crippen LogP contribution in [0.3, 0.4) is 0 Å². The fraction of sp³-hybridized carbons (Fsp3) is 0.389. The molecule has 0 bridgehead atoms. The molecule has 1 aromatic heterocycles. The summed E-state index contributed by atoms with van der Waals surface area (Å²) in [5, 5.41) is 18.1. The van der Waals surface area contributed by atoms with Crippen LogP contribution in [0.4, 0.5) is 0 Å². The van der Waals surface area contributed by atoms with Gasteiger partial charge in [0.05, 0.1) is 19.7 Å². The summed E-state index contributed by atoms with van der Waals surface area (Å²) in [6.07, 6.45) is 1.19. The van der Waals surface area contributed by atoms with E-state index < -0.39 is 11.2 Å². The van der Waals surface area contributed by atoms with Crippen molar-refractivity contribution in [2.24, 2.45) is 0 Å². The molecule has 1 heterocycles. The Morgan fingerprint density at radius 1 is 1.17 bits per heavy atom. The normalized spacial score (nSPS) is 11.3. The topological polar surface area (TPSA) is 88.0 Å². The summed E-state index contributed by atoms with van der Waals surface area (Å²) in [4.78, 5) is 24.7.